The number of benzene rings is 1. The Bertz CT molecular complexity index is 334. The van der Waals surface area contributed by atoms with E-state index in [1.807, 2.05) is 25.3 Å². The third-order valence-electron chi connectivity index (χ3n) is 2.16. The van der Waals surface area contributed by atoms with Gasteiger partial charge in [0.1, 0.15) is 0 Å². The van der Waals surface area contributed by atoms with Gasteiger partial charge in [0.15, 0.2) is 0 Å². The number of thioether (sulfide) groups is 1. The number of carboxylic acids is 1. The lowest BCUT2D eigenvalue weighted by Gasteiger charge is -2.05. The highest BCUT2D eigenvalue weighted by Gasteiger charge is 2.02. The van der Waals surface area contributed by atoms with Crippen LogP contribution in [0.15, 0.2) is 23.1 Å². The maximum Gasteiger partial charge on any atom is 0.303 e. The molecule has 0 amide bonds. The summed E-state index contributed by atoms with van der Waals surface area (Å²) in [6, 6.07) is 6.15. The molecule has 2 nitrogen and oxygen atoms in total. The number of aliphatic carboxylic acids is 1. The van der Waals surface area contributed by atoms with Crippen LogP contribution in [0.1, 0.15) is 17.5 Å². The zero-order chi connectivity index (χ0) is 10.6. The molecule has 0 saturated heterocycles. The molecular weight excluding hydrogens is 196 g/mol. The zero-order valence-electron chi connectivity index (χ0n) is 8.41. The van der Waals surface area contributed by atoms with E-state index in [9.17, 15) is 4.79 Å². The molecule has 76 valence electrons. The van der Waals surface area contributed by atoms with Crippen molar-refractivity contribution in [3.8, 4) is 0 Å². The van der Waals surface area contributed by atoms with E-state index in [4.69, 9.17) is 5.11 Å². The number of rotatable bonds is 4. The molecule has 0 radical (unpaired) electrons. The lowest BCUT2D eigenvalue weighted by Crippen LogP contribution is -1.98. The summed E-state index contributed by atoms with van der Waals surface area (Å²) in [4.78, 5) is 11.6. The molecule has 0 bridgehead atoms. The van der Waals surface area contributed by atoms with Crippen molar-refractivity contribution in [2.45, 2.75) is 24.7 Å². The smallest absolute Gasteiger partial charge is 0.303 e. The third-order valence-corrected chi connectivity index (χ3v) is 2.88. The van der Waals surface area contributed by atoms with Gasteiger partial charge in [-0.2, -0.15) is 0 Å². The quantitative estimate of drug-likeness (QED) is 0.776. The molecule has 0 unspecified atom stereocenters. The molecule has 0 aliphatic carbocycles. The van der Waals surface area contributed by atoms with Gasteiger partial charge in [0.2, 0.25) is 0 Å². The SMILES string of the molecule is CSc1ccc(CCC(=O)O)c(C)c1. The number of hydrogen-bond acceptors (Lipinski definition) is 2. The number of aryl methyl sites for hydroxylation is 2. The fourth-order valence-corrected chi connectivity index (χ4v) is 1.82. The molecule has 0 saturated carbocycles. The van der Waals surface area contributed by atoms with Crippen LogP contribution in [0, 0.1) is 6.92 Å². The van der Waals surface area contributed by atoms with Gasteiger partial charge in [-0.25, -0.2) is 0 Å². The van der Waals surface area contributed by atoms with E-state index in [1.165, 1.54) is 10.5 Å². The van der Waals surface area contributed by atoms with Crippen molar-refractivity contribution >= 4 is 17.7 Å². The first-order chi connectivity index (χ1) is 6.63. The summed E-state index contributed by atoms with van der Waals surface area (Å²) in [5.74, 6) is -0.738. The van der Waals surface area contributed by atoms with Crippen LogP contribution in [0.2, 0.25) is 0 Å². The average Bonchev–Trinajstić information content (AvgIpc) is 2.15. The summed E-state index contributed by atoms with van der Waals surface area (Å²) in [7, 11) is 0. The van der Waals surface area contributed by atoms with Gasteiger partial charge in [-0.1, -0.05) is 6.07 Å². The van der Waals surface area contributed by atoms with E-state index >= 15 is 0 Å². The van der Waals surface area contributed by atoms with Gasteiger partial charge in [-0.15, -0.1) is 11.8 Å². The van der Waals surface area contributed by atoms with Gasteiger partial charge < -0.3 is 5.11 Å². The molecule has 3 heteroatoms. The minimum absolute atomic E-state index is 0.208. The normalized spacial score (nSPS) is 10.1. The van der Waals surface area contributed by atoms with Crippen LogP contribution >= 0.6 is 11.8 Å². The second-order valence-electron chi connectivity index (χ2n) is 3.19. The van der Waals surface area contributed by atoms with Crippen LogP contribution < -0.4 is 0 Å². The highest BCUT2D eigenvalue weighted by Crippen LogP contribution is 2.19. The van der Waals surface area contributed by atoms with Crippen LogP contribution in [-0.4, -0.2) is 17.3 Å². The number of carboxylic acid groups (broad SMARTS) is 1. The van der Waals surface area contributed by atoms with Crippen LogP contribution in [-0.2, 0) is 11.2 Å². The zero-order valence-corrected chi connectivity index (χ0v) is 9.23. The summed E-state index contributed by atoms with van der Waals surface area (Å²) >= 11 is 1.70. The fraction of sp³-hybridized carbons (Fsp3) is 0.364. The maximum absolute atomic E-state index is 10.4. The fourth-order valence-electron chi connectivity index (χ4n) is 1.32. The topological polar surface area (TPSA) is 37.3 Å². The molecule has 1 N–H and O–H groups in total. The van der Waals surface area contributed by atoms with Crippen molar-refractivity contribution in [1.29, 1.82) is 0 Å². The summed E-state index contributed by atoms with van der Waals surface area (Å²) in [6.07, 6.45) is 2.86. The molecule has 0 spiro atoms. The Morgan fingerprint density at radius 2 is 2.21 bits per heavy atom. The van der Waals surface area contributed by atoms with E-state index in [0.29, 0.717) is 6.42 Å². The molecule has 1 aromatic carbocycles. The maximum atomic E-state index is 10.4. The average molecular weight is 210 g/mol. The lowest BCUT2D eigenvalue weighted by molar-refractivity contribution is -0.136. The van der Waals surface area contributed by atoms with E-state index in [1.54, 1.807) is 11.8 Å². The van der Waals surface area contributed by atoms with Gasteiger partial charge in [-0.05, 0) is 42.9 Å². The van der Waals surface area contributed by atoms with Crippen molar-refractivity contribution in [3.63, 3.8) is 0 Å². The number of hydrogen-bond donors (Lipinski definition) is 1. The van der Waals surface area contributed by atoms with Crippen molar-refractivity contribution in [2.24, 2.45) is 0 Å². The van der Waals surface area contributed by atoms with Crippen LogP contribution in [0.5, 0.6) is 0 Å². The van der Waals surface area contributed by atoms with Crippen LogP contribution in [0.3, 0.4) is 0 Å². The molecule has 0 aromatic heterocycles. The van der Waals surface area contributed by atoms with E-state index < -0.39 is 5.97 Å². The van der Waals surface area contributed by atoms with E-state index in [0.717, 1.165) is 5.56 Å². The Morgan fingerprint density at radius 1 is 1.50 bits per heavy atom. The van der Waals surface area contributed by atoms with Crippen molar-refractivity contribution < 1.29 is 9.90 Å². The summed E-state index contributed by atoms with van der Waals surface area (Å²) in [5, 5.41) is 8.56. The summed E-state index contributed by atoms with van der Waals surface area (Å²) in [6.45, 7) is 2.02. The standard InChI is InChI=1S/C11H14O2S/c1-8-7-10(14-2)5-3-9(8)4-6-11(12)13/h3,5,7H,4,6H2,1-2H3,(H,12,13). The van der Waals surface area contributed by atoms with E-state index in [2.05, 4.69) is 6.07 Å². The second kappa shape index (κ2) is 5.05. The third kappa shape index (κ3) is 3.07. The Morgan fingerprint density at radius 3 is 2.71 bits per heavy atom. The van der Waals surface area contributed by atoms with Crippen LogP contribution in [0.4, 0.5) is 0 Å². The highest BCUT2D eigenvalue weighted by atomic mass is 32.2. The Hall–Kier alpha value is -0.960. The minimum Gasteiger partial charge on any atom is -0.481 e. The van der Waals surface area contributed by atoms with Gasteiger partial charge in [0.05, 0.1) is 0 Å². The molecule has 1 rings (SSSR count). The summed E-state index contributed by atoms with van der Waals surface area (Å²) < 4.78 is 0. The predicted octanol–water partition coefficient (Wildman–Crippen LogP) is 2.73. The Kier molecular flexibility index (Phi) is 4.01. The van der Waals surface area contributed by atoms with Gasteiger partial charge in [0.25, 0.3) is 0 Å². The molecule has 0 aliphatic heterocycles. The minimum atomic E-state index is -0.738. The first-order valence-electron chi connectivity index (χ1n) is 4.49. The Balaban J connectivity index is 2.73. The number of carbonyl (C=O) groups is 1. The first kappa shape index (κ1) is 11.1. The summed E-state index contributed by atoms with van der Waals surface area (Å²) in [5.41, 5.74) is 2.31. The molecule has 0 atom stereocenters. The van der Waals surface area contributed by atoms with Crippen LogP contribution in [0.25, 0.3) is 0 Å². The highest BCUT2D eigenvalue weighted by molar-refractivity contribution is 7.98. The van der Waals surface area contributed by atoms with Gasteiger partial charge in [0, 0.05) is 11.3 Å². The Labute approximate surface area is 88.3 Å². The molecule has 0 heterocycles. The van der Waals surface area contributed by atoms with Crippen molar-refractivity contribution in [2.75, 3.05) is 6.26 Å². The van der Waals surface area contributed by atoms with Crippen molar-refractivity contribution in [3.05, 3.63) is 29.3 Å². The first-order valence-corrected chi connectivity index (χ1v) is 5.71. The lowest BCUT2D eigenvalue weighted by atomic mass is 10.0. The van der Waals surface area contributed by atoms with Gasteiger partial charge >= 0.3 is 5.97 Å². The van der Waals surface area contributed by atoms with Crippen molar-refractivity contribution in [1.82, 2.24) is 0 Å². The monoisotopic (exact) mass is 210 g/mol. The molecule has 0 fully saturated rings. The van der Waals surface area contributed by atoms with Gasteiger partial charge in [-0.3, -0.25) is 4.79 Å². The van der Waals surface area contributed by atoms with E-state index in [-0.39, 0.29) is 6.42 Å². The predicted molar refractivity (Wildman–Crippen MR) is 58.9 cm³/mol. The molecule has 0 aliphatic rings. The largest absolute Gasteiger partial charge is 0.481 e. The molecule has 1 aromatic rings. The molecular formula is C11H14O2S. The molecule has 14 heavy (non-hydrogen) atoms. The second-order valence-corrected chi connectivity index (χ2v) is 4.07.